The predicted octanol–water partition coefficient (Wildman–Crippen LogP) is 3.51. The number of carbonyl (C=O) groups is 1. The molecule has 1 fully saturated rings. The van der Waals surface area contributed by atoms with Crippen molar-refractivity contribution in [1.82, 2.24) is 9.88 Å². The van der Waals surface area contributed by atoms with Crippen molar-refractivity contribution >= 4 is 17.2 Å². The third-order valence-electron chi connectivity index (χ3n) is 4.19. The lowest BCUT2D eigenvalue weighted by atomic mass is 10.1. The molecule has 1 saturated heterocycles. The minimum Gasteiger partial charge on any atom is -0.376 e. The fourth-order valence-corrected chi connectivity index (χ4v) is 3.64. The van der Waals surface area contributed by atoms with E-state index in [1.165, 1.54) is 17.4 Å². The summed E-state index contributed by atoms with van der Waals surface area (Å²) in [6, 6.07) is 6.65. The Kier molecular flexibility index (Phi) is 5.58. The number of halogens is 1. The topological polar surface area (TPSA) is 42.4 Å². The van der Waals surface area contributed by atoms with Gasteiger partial charge in [-0.3, -0.25) is 4.79 Å². The Morgan fingerprint density at radius 2 is 2.29 bits per heavy atom. The summed E-state index contributed by atoms with van der Waals surface area (Å²) in [7, 11) is 0. The van der Waals surface area contributed by atoms with Crippen LogP contribution in [0.2, 0.25) is 0 Å². The Labute approximate surface area is 145 Å². The van der Waals surface area contributed by atoms with E-state index in [1.807, 2.05) is 6.92 Å². The highest BCUT2D eigenvalue weighted by atomic mass is 32.1. The summed E-state index contributed by atoms with van der Waals surface area (Å²) >= 11 is 1.40. The Hall–Kier alpha value is -1.79. The molecule has 0 spiro atoms. The van der Waals surface area contributed by atoms with Crippen molar-refractivity contribution in [2.45, 2.75) is 32.3 Å². The number of carbonyl (C=O) groups excluding carboxylic acids is 1. The van der Waals surface area contributed by atoms with E-state index in [4.69, 9.17) is 4.74 Å². The van der Waals surface area contributed by atoms with Gasteiger partial charge < -0.3 is 9.64 Å². The summed E-state index contributed by atoms with van der Waals surface area (Å²) in [5, 5.41) is 2.51. The zero-order valence-electron chi connectivity index (χ0n) is 13.7. The average molecular weight is 348 g/mol. The average Bonchev–Trinajstić information content (AvgIpc) is 3.26. The van der Waals surface area contributed by atoms with Crippen molar-refractivity contribution in [1.29, 1.82) is 0 Å². The van der Waals surface area contributed by atoms with E-state index in [0.29, 0.717) is 30.8 Å². The van der Waals surface area contributed by atoms with Crippen LogP contribution in [0, 0.1) is 5.82 Å². The molecule has 1 aliphatic heterocycles. The smallest absolute Gasteiger partial charge is 0.273 e. The second kappa shape index (κ2) is 7.85. The second-order valence-electron chi connectivity index (χ2n) is 5.87. The molecule has 2 heterocycles. The largest absolute Gasteiger partial charge is 0.376 e. The SMILES string of the molecule is CCN(CC1CCCO1)C(=O)c1csc(Cc2ccccc2F)n1. The van der Waals surface area contributed by atoms with E-state index in [0.717, 1.165) is 24.5 Å². The van der Waals surface area contributed by atoms with Gasteiger partial charge in [0.25, 0.3) is 5.91 Å². The van der Waals surface area contributed by atoms with Crippen LogP contribution in [0.1, 0.15) is 40.8 Å². The molecule has 0 saturated carbocycles. The standard InChI is InChI=1S/C18H21FN2O2S/c1-2-21(11-14-7-5-9-23-14)18(22)16-12-24-17(20-16)10-13-6-3-4-8-15(13)19/h3-4,6,8,12,14H,2,5,7,9-11H2,1H3. The highest BCUT2D eigenvalue weighted by Crippen LogP contribution is 2.19. The van der Waals surface area contributed by atoms with Crippen molar-refractivity contribution in [2.24, 2.45) is 0 Å². The highest BCUT2D eigenvalue weighted by Gasteiger charge is 2.23. The Morgan fingerprint density at radius 3 is 3.00 bits per heavy atom. The van der Waals surface area contributed by atoms with E-state index >= 15 is 0 Å². The Balaban J connectivity index is 1.67. The minimum atomic E-state index is -0.242. The lowest BCUT2D eigenvalue weighted by Gasteiger charge is -2.23. The lowest BCUT2D eigenvalue weighted by Crippen LogP contribution is -2.37. The molecule has 2 aromatic rings. The molecule has 4 nitrogen and oxygen atoms in total. The molecule has 1 amide bonds. The van der Waals surface area contributed by atoms with Gasteiger partial charge in [-0.2, -0.15) is 0 Å². The van der Waals surface area contributed by atoms with Gasteiger partial charge in [0.1, 0.15) is 11.5 Å². The van der Waals surface area contributed by atoms with E-state index < -0.39 is 0 Å². The van der Waals surface area contributed by atoms with Crippen molar-refractivity contribution in [3.05, 3.63) is 51.7 Å². The van der Waals surface area contributed by atoms with Gasteiger partial charge in [-0.05, 0) is 31.4 Å². The summed E-state index contributed by atoms with van der Waals surface area (Å²) < 4.78 is 19.4. The number of nitrogens with zero attached hydrogens (tertiary/aromatic N) is 2. The first-order valence-corrected chi connectivity index (χ1v) is 9.14. The zero-order valence-corrected chi connectivity index (χ0v) is 14.5. The number of amides is 1. The fraction of sp³-hybridized carbons (Fsp3) is 0.444. The minimum absolute atomic E-state index is 0.0796. The molecule has 1 aliphatic rings. The summed E-state index contributed by atoms with van der Waals surface area (Å²) in [4.78, 5) is 18.8. The van der Waals surface area contributed by atoms with Crippen LogP contribution >= 0.6 is 11.3 Å². The van der Waals surface area contributed by atoms with Crippen LogP contribution in [0.25, 0.3) is 0 Å². The number of hydrogen-bond acceptors (Lipinski definition) is 4. The summed E-state index contributed by atoms with van der Waals surface area (Å²) in [5.74, 6) is -0.321. The molecule has 1 aromatic heterocycles. The maximum Gasteiger partial charge on any atom is 0.273 e. The number of thiazole rings is 1. The molecular formula is C18H21FN2O2S. The van der Waals surface area contributed by atoms with Crippen molar-refractivity contribution in [3.63, 3.8) is 0 Å². The molecule has 0 radical (unpaired) electrons. The normalized spacial score (nSPS) is 17.2. The zero-order chi connectivity index (χ0) is 16.9. The third-order valence-corrected chi connectivity index (χ3v) is 5.04. The molecule has 0 bridgehead atoms. The van der Waals surface area contributed by atoms with Crippen LogP contribution in [0.5, 0.6) is 0 Å². The molecule has 1 unspecified atom stereocenters. The molecule has 0 N–H and O–H groups in total. The van der Waals surface area contributed by atoms with Gasteiger partial charge in [0.2, 0.25) is 0 Å². The van der Waals surface area contributed by atoms with Crippen LogP contribution in [0.15, 0.2) is 29.6 Å². The lowest BCUT2D eigenvalue weighted by molar-refractivity contribution is 0.0535. The molecule has 6 heteroatoms. The van der Waals surface area contributed by atoms with Crippen molar-refractivity contribution in [2.75, 3.05) is 19.7 Å². The number of likely N-dealkylation sites (N-methyl/N-ethyl adjacent to an activating group) is 1. The Bertz CT molecular complexity index is 698. The summed E-state index contributed by atoms with van der Waals surface area (Å²) in [5.41, 5.74) is 1.03. The van der Waals surface area contributed by atoms with E-state index in [1.54, 1.807) is 28.5 Å². The maximum absolute atomic E-state index is 13.7. The monoisotopic (exact) mass is 348 g/mol. The molecule has 1 aromatic carbocycles. The van der Waals surface area contributed by atoms with Crippen LogP contribution in [-0.4, -0.2) is 41.6 Å². The van der Waals surface area contributed by atoms with Crippen LogP contribution in [0.4, 0.5) is 4.39 Å². The molecule has 3 rings (SSSR count). The van der Waals surface area contributed by atoms with Crippen molar-refractivity contribution < 1.29 is 13.9 Å². The molecular weight excluding hydrogens is 327 g/mol. The highest BCUT2D eigenvalue weighted by molar-refractivity contribution is 7.09. The quantitative estimate of drug-likeness (QED) is 0.802. The van der Waals surface area contributed by atoms with Crippen LogP contribution in [0.3, 0.4) is 0 Å². The van der Waals surface area contributed by atoms with E-state index in [2.05, 4.69) is 4.98 Å². The number of aromatic nitrogens is 1. The first-order chi connectivity index (χ1) is 11.7. The number of rotatable bonds is 6. The van der Waals surface area contributed by atoms with E-state index in [-0.39, 0.29) is 17.8 Å². The van der Waals surface area contributed by atoms with E-state index in [9.17, 15) is 9.18 Å². The first-order valence-electron chi connectivity index (χ1n) is 8.26. The second-order valence-corrected chi connectivity index (χ2v) is 6.82. The van der Waals surface area contributed by atoms with Gasteiger partial charge in [0.05, 0.1) is 11.1 Å². The molecule has 0 aliphatic carbocycles. The summed E-state index contributed by atoms with van der Waals surface area (Å²) in [6.07, 6.45) is 2.59. The predicted molar refractivity (Wildman–Crippen MR) is 91.9 cm³/mol. The maximum atomic E-state index is 13.7. The van der Waals surface area contributed by atoms with Gasteiger partial charge in [0, 0.05) is 31.5 Å². The van der Waals surface area contributed by atoms with Gasteiger partial charge >= 0.3 is 0 Å². The number of hydrogen-bond donors (Lipinski definition) is 0. The van der Waals surface area contributed by atoms with Crippen LogP contribution in [-0.2, 0) is 11.2 Å². The molecule has 1 atom stereocenters. The van der Waals surface area contributed by atoms with Gasteiger partial charge in [-0.1, -0.05) is 18.2 Å². The van der Waals surface area contributed by atoms with Crippen LogP contribution < -0.4 is 0 Å². The fourth-order valence-electron chi connectivity index (χ4n) is 2.85. The first kappa shape index (κ1) is 17.0. The third kappa shape index (κ3) is 3.99. The Morgan fingerprint density at radius 1 is 1.46 bits per heavy atom. The molecule has 128 valence electrons. The van der Waals surface area contributed by atoms with Gasteiger partial charge in [-0.15, -0.1) is 11.3 Å². The number of ether oxygens (including phenoxy) is 1. The van der Waals surface area contributed by atoms with Gasteiger partial charge in [0.15, 0.2) is 0 Å². The molecule has 24 heavy (non-hydrogen) atoms. The van der Waals surface area contributed by atoms with Crippen molar-refractivity contribution in [3.8, 4) is 0 Å². The van der Waals surface area contributed by atoms with Gasteiger partial charge in [-0.25, -0.2) is 9.37 Å². The number of benzene rings is 1. The summed E-state index contributed by atoms with van der Waals surface area (Å²) in [6.45, 7) is 3.97.